The highest BCUT2D eigenvalue weighted by Crippen LogP contribution is 2.67. The predicted octanol–water partition coefficient (Wildman–Crippen LogP) is 3.56. The summed E-state index contributed by atoms with van der Waals surface area (Å²) in [6, 6.07) is 0. The van der Waals surface area contributed by atoms with Crippen LogP contribution in [0.2, 0.25) is 0 Å². The third kappa shape index (κ3) is 3.79. The second-order valence-corrected chi connectivity index (χ2v) is 13.0. The molecule has 0 unspecified atom stereocenters. The molecule has 5 nitrogen and oxygen atoms in total. The van der Waals surface area contributed by atoms with Crippen molar-refractivity contribution in [3.8, 4) is 0 Å². The molecule has 0 radical (unpaired) electrons. The van der Waals surface area contributed by atoms with Gasteiger partial charge >= 0.3 is 0 Å². The van der Waals surface area contributed by atoms with Gasteiger partial charge in [-0.3, -0.25) is 4.79 Å². The number of hydrogen-bond donors (Lipinski definition) is 4. The van der Waals surface area contributed by atoms with Crippen molar-refractivity contribution in [3.05, 3.63) is 0 Å². The van der Waals surface area contributed by atoms with Crippen LogP contribution in [0, 0.1) is 52.3 Å². The summed E-state index contributed by atoms with van der Waals surface area (Å²) < 4.78 is 0. The zero-order valence-electron chi connectivity index (χ0n) is 20.7. The van der Waals surface area contributed by atoms with Crippen LogP contribution in [0.5, 0.6) is 0 Å². The van der Waals surface area contributed by atoms with Crippen molar-refractivity contribution in [1.82, 2.24) is 0 Å². The van der Waals surface area contributed by atoms with Crippen LogP contribution in [-0.2, 0) is 4.79 Å². The Morgan fingerprint density at radius 1 is 0.969 bits per heavy atom. The molecular weight excluding hydrogens is 404 g/mol. The third-order valence-corrected chi connectivity index (χ3v) is 10.8. The molecule has 0 spiro atoms. The molecule has 4 aliphatic rings. The zero-order valence-corrected chi connectivity index (χ0v) is 20.7. The molecule has 0 bridgehead atoms. The molecule has 4 N–H and O–H groups in total. The number of carbonyl (C=O) groups excluding carboxylic acids is 1. The van der Waals surface area contributed by atoms with Gasteiger partial charge in [0.15, 0.2) is 0 Å². The quantitative estimate of drug-likeness (QED) is 0.513. The monoisotopic (exact) mass is 450 g/mol. The Balaban J connectivity index is 1.55. The minimum absolute atomic E-state index is 0.0320. The van der Waals surface area contributed by atoms with Crippen LogP contribution in [0.25, 0.3) is 0 Å². The van der Waals surface area contributed by atoms with Crippen molar-refractivity contribution in [1.29, 1.82) is 0 Å². The lowest BCUT2D eigenvalue weighted by atomic mass is 9.44. The molecular formula is C27H46O5. The fraction of sp³-hybridized carbons (Fsp3) is 0.963. The Bertz CT molecular complexity index is 708. The number of fused-ring (bicyclic) bond motifs is 5. The van der Waals surface area contributed by atoms with Crippen LogP contribution in [-0.4, -0.2) is 50.6 Å². The summed E-state index contributed by atoms with van der Waals surface area (Å²) in [6.07, 6.45) is 3.50. The number of aliphatic hydroxyl groups is 4. The summed E-state index contributed by atoms with van der Waals surface area (Å²) in [5, 5.41) is 42.3. The molecule has 32 heavy (non-hydrogen) atoms. The molecule has 0 aromatic heterocycles. The van der Waals surface area contributed by atoms with Crippen molar-refractivity contribution in [2.45, 2.75) is 110 Å². The van der Waals surface area contributed by atoms with Gasteiger partial charge in [-0.2, -0.15) is 0 Å². The van der Waals surface area contributed by atoms with Crippen LogP contribution in [0.4, 0.5) is 0 Å². The summed E-state index contributed by atoms with van der Waals surface area (Å²) >= 11 is 0. The Kier molecular flexibility index (Phi) is 6.64. The van der Waals surface area contributed by atoms with E-state index in [0.29, 0.717) is 55.3 Å². The van der Waals surface area contributed by atoms with Crippen molar-refractivity contribution < 1.29 is 25.2 Å². The van der Waals surface area contributed by atoms with Gasteiger partial charge in [-0.1, -0.05) is 34.6 Å². The fourth-order valence-electron chi connectivity index (χ4n) is 9.19. The van der Waals surface area contributed by atoms with Crippen molar-refractivity contribution in [3.63, 3.8) is 0 Å². The zero-order chi connectivity index (χ0) is 23.6. The summed E-state index contributed by atoms with van der Waals surface area (Å²) in [6.45, 7) is 10.8. The highest BCUT2D eigenvalue weighted by atomic mass is 16.3. The average molecular weight is 451 g/mol. The van der Waals surface area contributed by atoms with Crippen molar-refractivity contribution in [2.75, 3.05) is 0 Å². The highest BCUT2D eigenvalue weighted by molar-refractivity contribution is 5.83. The van der Waals surface area contributed by atoms with Crippen molar-refractivity contribution in [2.24, 2.45) is 52.3 Å². The standard InChI is InChI=1S/C27H46O5/c1-14(2)10-23(30)25(32)15(3)17-6-7-18-16-11-21(28)20-12-22(29)24(31)13-27(20,5)19(16)8-9-26(17,18)4/h14-20,22-25,29-32H,6-13H2,1-5H3/t15-,16-,17+,18-,19-,20+,22-,23+,24+,25+,26+,27+/m0/s1. The SMILES string of the molecule is CC(C)C[C@@H](O)[C@H](O)[C@@H](C)[C@H]1CC[C@H]2[C@@H]3CC(=O)[C@H]4C[C@H](O)[C@H](O)C[C@]4(C)[C@H]3CC[C@]12C. The fourth-order valence-corrected chi connectivity index (χ4v) is 9.19. The molecule has 184 valence electrons. The summed E-state index contributed by atoms with van der Waals surface area (Å²) in [5.41, 5.74) is -0.147. The van der Waals surface area contributed by atoms with Crippen LogP contribution in [0.15, 0.2) is 0 Å². The van der Waals surface area contributed by atoms with Gasteiger partial charge in [0, 0.05) is 12.3 Å². The van der Waals surface area contributed by atoms with Gasteiger partial charge in [-0.15, -0.1) is 0 Å². The first kappa shape index (κ1) is 24.6. The summed E-state index contributed by atoms with van der Waals surface area (Å²) in [7, 11) is 0. The maximum absolute atomic E-state index is 13.3. The number of ketones is 1. The van der Waals surface area contributed by atoms with Gasteiger partial charge < -0.3 is 20.4 Å². The van der Waals surface area contributed by atoms with E-state index in [1.54, 1.807) is 0 Å². The maximum Gasteiger partial charge on any atom is 0.136 e. The molecule has 0 amide bonds. The lowest BCUT2D eigenvalue weighted by Gasteiger charge is -2.61. The molecule has 4 rings (SSSR count). The molecule has 0 aromatic rings. The van der Waals surface area contributed by atoms with E-state index in [1.165, 1.54) is 0 Å². The van der Waals surface area contributed by atoms with Crippen molar-refractivity contribution >= 4 is 5.78 Å². The van der Waals surface area contributed by atoms with E-state index in [9.17, 15) is 25.2 Å². The number of rotatable bonds is 5. The van der Waals surface area contributed by atoms with Gasteiger partial charge in [0.1, 0.15) is 5.78 Å². The third-order valence-electron chi connectivity index (χ3n) is 10.8. The van der Waals surface area contributed by atoms with Crippen LogP contribution >= 0.6 is 0 Å². The molecule has 5 heteroatoms. The van der Waals surface area contributed by atoms with E-state index < -0.39 is 24.4 Å². The van der Waals surface area contributed by atoms with E-state index in [0.717, 1.165) is 25.7 Å². The topological polar surface area (TPSA) is 98.0 Å². The lowest BCUT2D eigenvalue weighted by molar-refractivity contribution is -0.174. The van der Waals surface area contributed by atoms with E-state index in [4.69, 9.17) is 0 Å². The van der Waals surface area contributed by atoms with Crippen LogP contribution in [0.3, 0.4) is 0 Å². The molecule has 0 aliphatic heterocycles. The summed E-state index contributed by atoms with van der Waals surface area (Å²) in [5.74, 6) is 2.09. The van der Waals surface area contributed by atoms with Crippen LogP contribution in [0.1, 0.15) is 86.0 Å². The first-order chi connectivity index (χ1) is 14.9. The molecule has 4 fully saturated rings. The Morgan fingerprint density at radius 2 is 1.62 bits per heavy atom. The summed E-state index contributed by atoms with van der Waals surface area (Å²) in [4.78, 5) is 13.3. The number of Topliss-reactive ketones (excluding diaryl/α,β-unsaturated/α-hetero) is 1. The molecule has 12 atom stereocenters. The molecule has 0 heterocycles. The number of carbonyl (C=O) groups is 1. The first-order valence-corrected chi connectivity index (χ1v) is 13.1. The first-order valence-electron chi connectivity index (χ1n) is 13.1. The highest BCUT2D eigenvalue weighted by Gasteiger charge is 2.63. The van der Waals surface area contributed by atoms with Gasteiger partial charge in [0.2, 0.25) is 0 Å². The largest absolute Gasteiger partial charge is 0.390 e. The number of aliphatic hydroxyl groups excluding tert-OH is 4. The smallest absolute Gasteiger partial charge is 0.136 e. The second kappa shape index (κ2) is 8.62. The van der Waals surface area contributed by atoms with Gasteiger partial charge in [0.05, 0.1) is 24.4 Å². The second-order valence-electron chi connectivity index (χ2n) is 13.0. The minimum atomic E-state index is -0.780. The average Bonchev–Trinajstić information content (AvgIpc) is 3.06. The molecule has 0 aromatic carbocycles. The maximum atomic E-state index is 13.3. The van der Waals surface area contributed by atoms with E-state index in [1.807, 2.05) is 0 Å². The molecule has 4 aliphatic carbocycles. The normalized spacial score (nSPS) is 49.2. The Labute approximate surface area is 194 Å². The van der Waals surface area contributed by atoms with E-state index >= 15 is 0 Å². The van der Waals surface area contributed by atoms with Gasteiger partial charge in [-0.25, -0.2) is 0 Å². The Morgan fingerprint density at radius 3 is 2.28 bits per heavy atom. The predicted molar refractivity (Wildman–Crippen MR) is 124 cm³/mol. The lowest BCUT2D eigenvalue weighted by Crippen LogP contribution is -2.59. The molecule has 0 saturated heterocycles. The number of hydrogen-bond acceptors (Lipinski definition) is 5. The molecule has 4 saturated carbocycles. The minimum Gasteiger partial charge on any atom is -0.390 e. The van der Waals surface area contributed by atoms with Gasteiger partial charge in [0.25, 0.3) is 0 Å². The van der Waals surface area contributed by atoms with E-state index in [2.05, 4.69) is 34.6 Å². The van der Waals surface area contributed by atoms with Gasteiger partial charge in [-0.05, 0) is 91.3 Å². The van der Waals surface area contributed by atoms with Crippen LogP contribution < -0.4 is 0 Å². The Hall–Kier alpha value is -0.490. The van der Waals surface area contributed by atoms with E-state index in [-0.39, 0.29) is 28.4 Å².